The van der Waals surface area contributed by atoms with Crippen LogP contribution in [0.3, 0.4) is 0 Å². The lowest BCUT2D eigenvalue weighted by Crippen LogP contribution is -2.01. The van der Waals surface area contributed by atoms with E-state index in [1.165, 1.54) is 11.8 Å². The van der Waals surface area contributed by atoms with E-state index in [-0.39, 0.29) is 5.12 Å². The Morgan fingerprint density at radius 2 is 2.18 bits per heavy atom. The number of halogens is 1. The van der Waals surface area contributed by atoms with Crippen LogP contribution in [0.25, 0.3) is 0 Å². The summed E-state index contributed by atoms with van der Waals surface area (Å²) >= 11 is 8.79. The first-order valence-corrected chi connectivity index (χ1v) is 8.00. The van der Waals surface area contributed by atoms with Crippen molar-refractivity contribution in [3.8, 4) is 0 Å². The van der Waals surface area contributed by atoms with E-state index in [1.807, 2.05) is 6.07 Å². The summed E-state index contributed by atoms with van der Waals surface area (Å²) in [4.78, 5) is 17.1. The third-order valence-corrected chi connectivity index (χ3v) is 4.14. The molecule has 0 atom stereocenters. The highest BCUT2D eigenvalue weighted by Crippen LogP contribution is 2.26. The third-order valence-electron chi connectivity index (χ3n) is 2.05. The fraction of sp³-hybridized carbons (Fsp3) is 0.500. The number of nitrogens with zero attached hydrogens (tertiary/aromatic N) is 1. The lowest BCUT2D eigenvalue weighted by molar-refractivity contribution is 0.108. The Bertz CT molecular complexity index is 385. The predicted molar refractivity (Wildman–Crippen MR) is 77.3 cm³/mol. The zero-order chi connectivity index (χ0) is 12.7. The number of pyridine rings is 1. The molecule has 0 aromatic carbocycles. The molecule has 0 fully saturated rings. The SMILES string of the molecule is CCCCSC(=O)c1nc(Cl)ccc1SCC. The van der Waals surface area contributed by atoms with E-state index >= 15 is 0 Å². The topological polar surface area (TPSA) is 30.0 Å². The van der Waals surface area contributed by atoms with Crippen LogP contribution in [0.5, 0.6) is 0 Å². The molecular formula is C12H16ClNOS2. The second kappa shape index (κ2) is 8.01. The minimum absolute atomic E-state index is 0.0249. The molecule has 94 valence electrons. The summed E-state index contributed by atoms with van der Waals surface area (Å²) in [5, 5.41) is 0.404. The van der Waals surface area contributed by atoms with Crippen molar-refractivity contribution >= 4 is 40.2 Å². The summed E-state index contributed by atoms with van der Waals surface area (Å²) in [7, 11) is 0. The van der Waals surface area contributed by atoms with Gasteiger partial charge in [-0.2, -0.15) is 0 Å². The lowest BCUT2D eigenvalue weighted by Gasteiger charge is -2.06. The van der Waals surface area contributed by atoms with Gasteiger partial charge in [0.2, 0.25) is 5.12 Å². The van der Waals surface area contributed by atoms with Gasteiger partial charge < -0.3 is 0 Å². The van der Waals surface area contributed by atoms with Gasteiger partial charge in [0.25, 0.3) is 0 Å². The van der Waals surface area contributed by atoms with Crippen molar-refractivity contribution in [3.05, 3.63) is 23.0 Å². The van der Waals surface area contributed by atoms with Crippen molar-refractivity contribution in [1.29, 1.82) is 0 Å². The fourth-order valence-electron chi connectivity index (χ4n) is 1.22. The molecule has 0 amide bonds. The van der Waals surface area contributed by atoms with Gasteiger partial charge in [0.05, 0.1) is 0 Å². The molecule has 1 aromatic rings. The molecule has 0 radical (unpaired) electrons. The lowest BCUT2D eigenvalue weighted by atomic mass is 10.4. The highest BCUT2D eigenvalue weighted by molar-refractivity contribution is 8.14. The van der Waals surface area contributed by atoms with Crippen molar-refractivity contribution in [2.45, 2.75) is 31.6 Å². The molecule has 0 aliphatic rings. The van der Waals surface area contributed by atoms with Crippen molar-refractivity contribution in [3.63, 3.8) is 0 Å². The number of aromatic nitrogens is 1. The quantitative estimate of drug-likeness (QED) is 0.437. The van der Waals surface area contributed by atoms with Gasteiger partial charge in [-0.05, 0) is 24.3 Å². The first-order chi connectivity index (χ1) is 8.19. The minimum atomic E-state index is 0.0249. The molecule has 17 heavy (non-hydrogen) atoms. The van der Waals surface area contributed by atoms with E-state index in [1.54, 1.807) is 17.8 Å². The van der Waals surface area contributed by atoms with Gasteiger partial charge >= 0.3 is 0 Å². The molecule has 0 N–H and O–H groups in total. The fourth-order valence-corrected chi connectivity index (χ4v) is 3.09. The summed E-state index contributed by atoms with van der Waals surface area (Å²) in [6.07, 6.45) is 2.15. The Labute approximate surface area is 116 Å². The van der Waals surface area contributed by atoms with Gasteiger partial charge in [0.1, 0.15) is 10.8 Å². The van der Waals surface area contributed by atoms with Crippen LogP contribution in [0, 0.1) is 0 Å². The second-order valence-electron chi connectivity index (χ2n) is 3.40. The number of unbranched alkanes of at least 4 members (excludes halogenated alkanes) is 1. The van der Waals surface area contributed by atoms with E-state index < -0.39 is 0 Å². The van der Waals surface area contributed by atoms with Crippen LogP contribution in [-0.4, -0.2) is 21.6 Å². The molecule has 1 heterocycles. The van der Waals surface area contributed by atoms with Crippen molar-refractivity contribution in [2.75, 3.05) is 11.5 Å². The Hall–Kier alpha value is -0.190. The first kappa shape index (κ1) is 14.9. The first-order valence-electron chi connectivity index (χ1n) is 5.65. The zero-order valence-corrected chi connectivity index (χ0v) is 12.4. The number of rotatable bonds is 6. The number of carbonyl (C=O) groups is 1. The maximum atomic E-state index is 12.0. The van der Waals surface area contributed by atoms with Crippen LogP contribution in [0.2, 0.25) is 5.15 Å². The number of hydrogen-bond donors (Lipinski definition) is 0. The van der Waals surface area contributed by atoms with Crippen LogP contribution < -0.4 is 0 Å². The van der Waals surface area contributed by atoms with E-state index in [2.05, 4.69) is 18.8 Å². The number of hydrogen-bond acceptors (Lipinski definition) is 4. The molecule has 0 spiro atoms. The van der Waals surface area contributed by atoms with Gasteiger partial charge in [0.15, 0.2) is 0 Å². The average Bonchev–Trinajstić information content (AvgIpc) is 2.32. The number of carbonyl (C=O) groups excluding carboxylic acids is 1. The Kier molecular flexibility index (Phi) is 7.00. The molecule has 1 rings (SSSR count). The standard InChI is InChI=1S/C12H16ClNOS2/c1-3-5-8-17-12(15)11-9(16-4-2)6-7-10(13)14-11/h6-7H,3-5,8H2,1-2H3. The van der Waals surface area contributed by atoms with Crippen LogP contribution in [0.4, 0.5) is 0 Å². The molecule has 0 saturated carbocycles. The van der Waals surface area contributed by atoms with E-state index in [0.29, 0.717) is 10.8 Å². The summed E-state index contributed by atoms with van der Waals surface area (Å²) in [5.41, 5.74) is 0.505. The van der Waals surface area contributed by atoms with Crippen LogP contribution in [0.15, 0.2) is 17.0 Å². The maximum absolute atomic E-state index is 12.0. The maximum Gasteiger partial charge on any atom is 0.238 e. The normalized spacial score (nSPS) is 10.5. The Morgan fingerprint density at radius 3 is 2.82 bits per heavy atom. The predicted octanol–water partition coefficient (Wildman–Crippen LogP) is 4.52. The van der Waals surface area contributed by atoms with Crippen LogP contribution in [0.1, 0.15) is 37.2 Å². The van der Waals surface area contributed by atoms with Gasteiger partial charge in [-0.3, -0.25) is 4.79 Å². The average molecular weight is 290 g/mol. The summed E-state index contributed by atoms with van der Waals surface area (Å²) < 4.78 is 0. The smallest absolute Gasteiger partial charge is 0.238 e. The van der Waals surface area contributed by atoms with Crippen LogP contribution in [-0.2, 0) is 0 Å². The highest BCUT2D eigenvalue weighted by Gasteiger charge is 2.14. The van der Waals surface area contributed by atoms with Gasteiger partial charge in [-0.1, -0.05) is 43.6 Å². The van der Waals surface area contributed by atoms with Crippen LogP contribution >= 0.6 is 35.1 Å². The molecule has 0 unspecified atom stereocenters. The third kappa shape index (κ3) is 4.90. The molecule has 0 bridgehead atoms. The molecule has 0 aliphatic carbocycles. The van der Waals surface area contributed by atoms with Gasteiger partial charge in [-0.15, -0.1) is 11.8 Å². The second-order valence-corrected chi connectivity index (χ2v) is 6.16. The van der Waals surface area contributed by atoms with Crippen molar-refractivity contribution < 1.29 is 4.79 Å². The Balaban J connectivity index is 2.78. The minimum Gasteiger partial charge on any atom is -0.280 e. The largest absolute Gasteiger partial charge is 0.280 e. The Morgan fingerprint density at radius 1 is 1.41 bits per heavy atom. The highest BCUT2D eigenvalue weighted by atomic mass is 35.5. The molecule has 2 nitrogen and oxygen atoms in total. The summed E-state index contributed by atoms with van der Waals surface area (Å²) in [6.45, 7) is 4.17. The summed E-state index contributed by atoms with van der Waals surface area (Å²) in [6, 6.07) is 3.60. The number of thioether (sulfide) groups is 2. The van der Waals surface area contributed by atoms with E-state index in [9.17, 15) is 4.79 Å². The monoisotopic (exact) mass is 289 g/mol. The van der Waals surface area contributed by atoms with Gasteiger partial charge in [0, 0.05) is 10.6 Å². The zero-order valence-electron chi connectivity index (χ0n) is 10.0. The van der Waals surface area contributed by atoms with E-state index in [0.717, 1.165) is 29.2 Å². The molecule has 1 aromatic heterocycles. The molecule has 0 aliphatic heterocycles. The molecule has 0 saturated heterocycles. The van der Waals surface area contributed by atoms with Crippen molar-refractivity contribution in [1.82, 2.24) is 4.98 Å². The molecular weight excluding hydrogens is 274 g/mol. The van der Waals surface area contributed by atoms with Crippen molar-refractivity contribution in [2.24, 2.45) is 0 Å². The van der Waals surface area contributed by atoms with E-state index in [4.69, 9.17) is 11.6 Å². The van der Waals surface area contributed by atoms with Gasteiger partial charge in [-0.25, -0.2) is 4.98 Å². The molecule has 5 heteroatoms. The summed E-state index contributed by atoms with van der Waals surface area (Å²) in [5.74, 6) is 1.77.